The summed E-state index contributed by atoms with van der Waals surface area (Å²) >= 11 is 0. The van der Waals surface area contributed by atoms with E-state index in [0.717, 1.165) is 12.8 Å². The molecule has 2 atom stereocenters. The maximum atomic E-state index is 15.0. The predicted octanol–water partition coefficient (Wildman–Crippen LogP) is 3.56. The lowest BCUT2D eigenvalue weighted by Gasteiger charge is -2.38. The topological polar surface area (TPSA) is 81.6 Å². The summed E-state index contributed by atoms with van der Waals surface area (Å²) in [6.45, 7) is 5.26. The number of hydrogen-bond acceptors (Lipinski definition) is 7. The summed E-state index contributed by atoms with van der Waals surface area (Å²) in [4.78, 5) is 16.0. The average molecular weight is 408 g/mol. The lowest BCUT2D eigenvalue weighted by Crippen LogP contribution is -2.48. The van der Waals surface area contributed by atoms with Crippen LogP contribution >= 0.6 is 0 Å². The fourth-order valence-electron chi connectivity index (χ4n) is 4.11. The molecule has 1 saturated carbocycles. The third-order valence-electron chi connectivity index (χ3n) is 5.90. The molecule has 1 aliphatic heterocycles. The fourth-order valence-corrected chi connectivity index (χ4v) is 4.11. The SMILES string of the molecule is C[C@H]1CN(c2nc3c(-c4nc(C5CC5)no4)ncn3c3cccc(F)c23)[C@@H](C)CO1. The quantitative estimate of drug-likeness (QED) is 0.513. The second kappa shape index (κ2) is 6.46. The van der Waals surface area contributed by atoms with Crippen molar-refractivity contribution in [1.29, 1.82) is 0 Å². The molecule has 1 saturated heterocycles. The summed E-state index contributed by atoms with van der Waals surface area (Å²) in [5.41, 5.74) is 1.78. The van der Waals surface area contributed by atoms with Gasteiger partial charge in [0.2, 0.25) is 0 Å². The van der Waals surface area contributed by atoms with Gasteiger partial charge >= 0.3 is 0 Å². The van der Waals surface area contributed by atoms with Crippen LogP contribution in [0.1, 0.15) is 38.4 Å². The van der Waals surface area contributed by atoms with Crippen molar-refractivity contribution >= 4 is 22.4 Å². The Morgan fingerprint density at radius 1 is 1.17 bits per heavy atom. The second-order valence-electron chi connectivity index (χ2n) is 8.23. The number of fused-ring (bicyclic) bond motifs is 3. The molecule has 2 fully saturated rings. The van der Waals surface area contributed by atoms with Gasteiger partial charge in [0, 0.05) is 12.5 Å². The molecule has 30 heavy (non-hydrogen) atoms. The summed E-state index contributed by atoms with van der Waals surface area (Å²) in [7, 11) is 0. The Balaban J connectivity index is 1.59. The van der Waals surface area contributed by atoms with Gasteiger partial charge in [-0.25, -0.2) is 14.4 Å². The number of halogens is 1. The Morgan fingerprint density at radius 2 is 2.03 bits per heavy atom. The zero-order chi connectivity index (χ0) is 20.4. The molecule has 3 aromatic heterocycles. The maximum Gasteiger partial charge on any atom is 0.280 e. The molecule has 2 aliphatic rings. The van der Waals surface area contributed by atoms with Crippen LogP contribution in [0.2, 0.25) is 0 Å². The van der Waals surface area contributed by atoms with E-state index in [1.165, 1.54) is 6.07 Å². The molecule has 0 radical (unpaired) electrons. The van der Waals surface area contributed by atoms with Gasteiger partial charge in [0.05, 0.1) is 29.7 Å². The lowest BCUT2D eigenvalue weighted by molar-refractivity contribution is 0.0342. The molecule has 4 aromatic rings. The number of imidazole rings is 1. The van der Waals surface area contributed by atoms with Gasteiger partial charge in [-0.1, -0.05) is 11.2 Å². The number of anilines is 1. The molecule has 9 heteroatoms. The summed E-state index contributed by atoms with van der Waals surface area (Å²) in [5.74, 6) is 1.71. The van der Waals surface area contributed by atoms with Gasteiger partial charge in [-0.05, 0) is 38.8 Å². The van der Waals surface area contributed by atoms with E-state index in [9.17, 15) is 0 Å². The zero-order valence-electron chi connectivity index (χ0n) is 16.7. The highest BCUT2D eigenvalue weighted by molar-refractivity contribution is 5.94. The van der Waals surface area contributed by atoms with E-state index < -0.39 is 0 Å². The Bertz CT molecular complexity index is 1260. The maximum absolute atomic E-state index is 15.0. The van der Waals surface area contributed by atoms with Crippen LogP contribution in [0.5, 0.6) is 0 Å². The van der Waals surface area contributed by atoms with Crippen molar-refractivity contribution in [3.8, 4) is 11.6 Å². The number of benzene rings is 1. The average Bonchev–Trinajstić information content (AvgIpc) is 3.31. The Morgan fingerprint density at radius 3 is 2.87 bits per heavy atom. The first-order valence-electron chi connectivity index (χ1n) is 10.3. The van der Waals surface area contributed by atoms with Crippen molar-refractivity contribution in [3.63, 3.8) is 0 Å². The van der Waals surface area contributed by atoms with Gasteiger partial charge < -0.3 is 14.2 Å². The first kappa shape index (κ1) is 17.8. The monoisotopic (exact) mass is 408 g/mol. The minimum absolute atomic E-state index is 0.0301. The Labute approximate surface area is 171 Å². The van der Waals surface area contributed by atoms with E-state index in [0.29, 0.717) is 58.8 Å². The third-order valence-corrected chi connectivity index (χ3v) is 5.90. The molecule has 8 nitrogen and oxygen atoms in total. The minimum Gasteiger partial charge on any atom is -0.375 e. The highest BCUT2D eigenvalue weighted by Crippen LogP contribution is 2.39. The number of ether oxygens (including phenoxy) is 1. The molecule has 0 amide bonds. The van der Waals surface area contributed by atoms with Gasteiger partial charge in [0.1, 0.15) is 18.0 Å². The standard InChI is InChI=1S/C21H21FN6O2/c1-11-9-29-12(2)8-27(11)19-16-14(22)4-3-5-15(16)28-10-23-17(20(28)25-19)21-24-18(26-30-21)13-6-7-13/h3-5,10-13H,6-9H2,1-2H3/t11-,12-/m0/s1. The highest BCUT2D eigenvalue weighted by atomic mass is 19.1. The smallest absolute Gasteiger partial charge is 0.280 e. The molecule has 0 bridgehead atoms. The van der Waals surface area contributed by atoms with Crippen molar-refractivity contribution in [3.05, 3.63) is 36.2 Å². The molecule has 0 N–H and O–H groups in total. The van der Waals surface area contributed by atoms with Crippen LogP contribution < -0.4 is 4.90 Å². The Kier molecular flexibility index (Phi) is 3.83. The molecular weight excluding hydrogens is 387 g/mol. The van der Waals surface area contributed by atoms with E-state index in [1.54, 1.807) is 16.8 Å². The minimum atomic E-state index is -0.313. The third kappa shape index (κ3) is 2.68. The summed E-state index contributed by atoms with van der Waals surface area (Å²) in [5, 5.41) is 4.57. The first-order valence-corrected chi connectivity index (χ1v) is 10.3. The van der Waals surface area contributed by atoms with Gasteiger partial charge in [-0.2, -0.15) is 4.98 Å². The van der Waals surface area contributed by atoms with Crippen molar-refractivity contribution in [2.24, 2.45) is 0 Å². The van der Waals surface area contributed by atoms with Crippen LogP contribution in [0.4, 0.5) is 10.2 Å². The van der Waals surface area contributed by atoms with Crippen LogP contribution in [0.15, 0.2) is 29.0 Å². The molecular formula is C21H21FN6O2. The summed E-state index contributed by atoms with van der Waals surface area (Å²) in [6, 6.07) is 5.10. The molecule has 0 unspecified atom stereocenters. The lowest BCUT2D eigenvalue weighted by atomic mass is 10.1. The van der Waals surface area contributed by atoms with Crippen LogP contribution in [0, 0.1) is 5.82 Å². The van der Waals surface area contributed by atoms with Gasteiger partial charge in [0.15, 0.2) is 17.2 Å². The van der Waals surface area contributed by atoms with Crippen molar-refractivity contribution in [2.45, 2.75) is 44.8 Å². The van der Waals surface area contributed by atoms with E-state index >= 15 is 4.39 Å². The molecule has 1 aliphatic carbocycles. The predicted molar refractivity (Wildman–Crippen MR) is 108 cm³/mol. The van der Waals surface area contributed by atoms with Crippen LogP contribution in [0.25, 0.3) is 28.1 Å². The van der Waals surface area contributed by atoms with Crippen molar-refractivity contribution in [2.75, 3.05) is 18.1 Å². The number of aromatic nitrogens is 5. The summed E-state index contributed by atoms with van der Waals surface area (Å²) in [6.07, 6.45) is 3.84. The van der Waals surface area contributed by atoms with Gasteiger partial charge in [-0.3, -0.25) is 4.40 Å². The van der Waals surface area contributed by atoms with E-state index in [2.05, 4.69) is 26.9 Å². The van der Waals surface area contributed by atoms with Gasteiger partial charge in [0.25, 0.3) is 5.89 Å². The van der Waals surface area contributed by atoms with Crippen LogP contribution in [0.3, 0.4) is 0 Å². The van der Waals surface area contributed by atoms with E-state index in [-0.39, 0.29) is 18.0 Å². The van der Waals surface area contributed by atoms with E-state index in [4.69, 9.17) is 14.2 Å². The highest BCUT2D eigenvalue weighted by Gasteiger charge is 2.31. The fraction of sp³-hybridized carbons (Fsp3) is 0.429. The normalized spacial score (nSPS) is 22.3. The number of nitrogens with zero attached hydrogens (tertiary/aromatic N) is 6. The second-order valence-corrected chi connectivity index (χ2v) is 8.23. The summed E-state index contributed by atoms with van der Waals surface area (Å²) < 4.78 is 28.1. The van der Waals surface area contributed by atoms with Gasteiger partial charge in [-0.15, -0.1) is 0 Å². The number of rotatable bonds is 3. The number of morpholine rings is 1. The molecule has 1 aromatic carbocycles. The van der Waals surface area contributed by atoms with Crippen LogP contribution in [-0.2, 0) is 4.74 Å². The molecule has 0 spiro atoms. The zero-order valence-corrected chi connectivity index (χ0v) is 16.7. The largest absolute Gasteiger partial charge is 0.375 e. The molecule has 6 rings (SSSR count). The van der Waals surface area contributed by atoms with Crippen LogP contribution in [-0.4, -0.2) is 49.8 Å². The van der Waals surface area contributed by atoms with E-state index in [1.807, 2.05) is 13.0 Å². The van der Waals surface area contributed by atoms with Crippen molar-refractivity contribution in [1.82, 2.24) is 24.5 Å². The molecule has 4 heterocycles. The van der Waals surface area contributed by atoms with Crippen molar-refractivity contribution < 1.29 is 13.7 Å². The number of hydrogen-bond donors (Lipinski definition) is 0. The molecule has 154 valence electrons. The Hall–Kier alpha value is -3.07. The first-order chi connectivity index (χ1) is 14.6.